The number of hydrogen-bond acceptors (Lipinski definition) is 4. The van der Waals surface area contributed by atoms with E-state index in [4.69, 9.17) is 0 Å². The molecule has 4 rings (SSSR count). The molecule has 3 aromatic carbocycles. The average molecular weight is 538 g/mol. The molecule has 0 bridgehead atoms. The Kier molecular flexibility index (Phi) is 8.91. The fourth-order valence-corrected chi connectivity index (χ4v) is 5.33. The number of rotatable bonds is 12. The minimum Gasteiger partial charge on any atom is -0.350 e. The van der Waals surface area contributed by atoms with Gasteiger partial charge in [0.2, 0.25) is 21.8 Å². The Bertz CT molecular complexity index is 1340. The Morgan fingerprint density at radius 2 is 1.55 bits per heavy atom. The number of nitrogens with one attached hydrogen (secondary N) is 2. The van der Waals surface area contributed by atoms with Gasteiger partial charge in [-0.3, -0.25) is 9.59 Å². The van der Waals surface area contributed by atoms with E-state index >= 15 is 0 Å². The summed E-state index contributed by atoms with van der Waals surface area (Å²) in [6, 6.07) is 21.1. The van der Waals surface area contributed by atoms with Crippen LogP contribution in [0.1, 0.15) is 42.9 Å². The zero-order chi connectivity index (χ0) is 27.1. The van der Waals surface area contributed by atoms with Gasteiger partial charge in [-0.25, -0.2) is 17.5 Å². The van der Waals surface area contributed by atoms with E-state index in [1.165, 1.54) is 17.0 Å². The van der Waals surface area contributed by atoms with Crippen molar-refractivity contribution in [2.45, 2.75) is 62.7 Å². The van der Waals surface area contributed by atoms with Gasteiger partial charge in [0, 0.05) is 25.6 Å². The Morgan fingerprint density at radius 3 is 2.18 bits per heavy atom. The number of nitrogens with zero attached hydrogens (tertiary/aromatic N) is 1. The smallest absolute Gasteiger partial charge is 0.242 e. The minimum atomic E-state index is -3.54. The van der Waals surface area contributed by atoms with Crippen molar-refractivity contribution in [3.05, 3.63) is 101 Å². The Morgan fingerprint density at radius 1 is 0.921 bits per heavy atom. The van der Waals surface area contributed by atoms with Crippen molar-refractivity contribution >= 4 is 21.8 Å². The molecule has 1 fully saturated rings. The number of hydrogen-bond donors (Lipinski definition) is 2. The molecule has 0 aromatic heterocycles. The van der Waals surface area contributed by atoms with Crippen LogP contribution in [-0.2, 0) is 39.1 Å². The van der Waals surface area contributed by atoms with E-state index in [2.05, 4.69) is 10.0 Å². The zero-order valence-electron chi connectivity index (χ0n) is 21.3. The first-order chi connectivity index (χ1) is 18.2. The Hall–Kier alpha value is -3.56. The molecule has 9 heteroatoms. The van der Waals surface area contributed by atoms with Crippen molar-refractivity contribution in [1.82, 2.24) is 14.9 Å². The average Bonchev–Trinajstić information content (AvgIpc) is 3.74. The van der Waals surface area contributed by atoms with Gasteiger partial charge in [-0.2, -0.15) is 0 Å². The number of carbonyl (C=O) groups excluding carboxylic acids is 2. The number of sulfonamides is 1. The molecule has 2 N–H and O–H groups in total. The molecule has 0 saturated heterocycles. The topological polar surface area (TPSA) is 95.6 Å². The first kappa shape index (κ1) is 27.5. The molecule has 1 aliphatic rings. The first-order valence-electron chi connectivity index (χ1n) is 12.7. The molecule has 200 valence electrons. The van der Waals surface area contributed by atoms with Crippen LogP contribution in [0.2, 0.25) is 0 Å². The van der Waals surface area contributed by atoms with Gasteiger partial charge in [0.15, 0.2) is 0 Å². The molecule has 0 aliphatic heterocycles. The van der Waals surface area contributed by atoms with Crippen molar-refractivity contribution < 1.29 is 22.4 Å². The maximum Gasteiger partial charge on any atom is 0.242 e. The number of benzene rings is 3. The molecule has 0 radical (unpaired) electrons. The second kappa shape index (κ2) is 12.3. The minimum absolute atomic E-state index is 0.0243. The van der Waals surface area contributed by atoms with Gasteiger partial charge in [-0.15, -0.1) is 0 Å². The highest BCUT2D eigenvalue weighted by Gasteiger charge is 2.28. The van der Waals surface area contributed by atoms with Crippen molar-refractivity contribution in [2.75, 3.05) is 0 Å². The molecule has 0 unspecified atom stereocenters. The second-order valence-corrected chi connectivity index (χ2v) is 11.3. The third kappa shape index (κ3) is 7.72. The summed E-state index contributed by atoms with van der Waals surface area (Å²) in [4.78, 5) is 28.0. The van der Waals surface area contributed by atoms with E-state index in [1.54, 1.807) is 43.3 Å². The summed E-state index contributed by atoms with van der Waals surface area (Å²) >= 11 is 0. The standard InChI is InChI=1S/C29H32FN3O4S/c1-21(29(35)31-19-23-5-3-2-4-6-23)33(20-24-7-12-25(30)13-8-24)28(34)18-11-22-9-16-27(17-10-22)38(36,37)32-26-14-15-26/h2-10,12-13,16-17,21,26,32H,11,14-15,18-20H2,1H3,(H,31,35)/t21-/m1/s1. The van der Waals surface area contributed by atoms with E-state index < -0.39 is 16.1 Å². The van der Waals surface area contributed by atoms with Crippen LogP contribution in [-0.4, -0.2) is 37.2 Å². The number of halogens is 1. The maximum absolute atomic E-state index is 13.4. The summed E-state index contributed by atoms with van der Waals surface area (Å²) in [6.45, 7) is 2.17. The fourth-order valence-electron chi connectivity index (χ4n) is 4.02. The lowest BCUT2D eigenvalue weighted by molar-refractivity contribution is -0.140. The lowest BCUT2D eigenvalue weighted by atomic mass is 10.1. The number of aryl methyl sites for hydroxylation is 1. The number of amides is 2. The predicted octanol–water partition coefficient (Wildman–Crippen LogP) is 3.93. The molecule has 1 saturated carbocycles. The highest BCUT2D eigenvalue weighted by molar-refractivity contribution is 7.89. The summed E-state index contributed by atoms with van der Waals surface area (Å²) < 4.78 is 40.9. The van der Waals surface area contributed by atoms with E-state index in [0.29, 0.717) is 18.5 Å². The first-order valence-corrected chi connectivity index (χ1v) is 14.2. The maximum atomic E-state index is 13.4. The van der Waals surface area contributed by atoms with Crippen LogP contribution < -0.4 is 10.0 Å². The number of carbonyl (C=O) groups is 2. The van der Waals surface area contributed by atoms with Gasteiger partial charge in [-0.05, 0) is 67.1 Å². The van der Waals surface area contributed by atoms with Crippen LogP contribution in [0.4, 0.5) is 4.39 Å². The van der Waals surface area contributed by atoms with Crippen LogP contribution in [0.5, 0.6) is 0 Å². The molecule has 3 aromatic rings. The van der Waals surface area contributed by atoms with Gasteiger partial charge in [0.1, 0.15) is 11.9 Å². The fraction of sp³-hybridized carbons (Fsp3) is 0.310. The van der Waals surface area contributed by atoms with E-state index in [-0.39, 0.29) is 41.5 Å². The lowest BCUT2D eigenvalue weighted by Gasteiger charge is -2.29. The molecule has 7 nitrogen and oxygen atoms in total. The normalized spacial score (nSPS) is 14.1. The molecular weight excluding hydrogens is 505 g/mol. The van der Waals surface area contributed by atoms with Gasteiger partial charge in [0.05, 0.1) is 4.90 Å². The highest BCUT2D eigenvalue weighted by Crippen LogP contribution is 2.22. The predicted molar refractivity (Wildman–Crippen MR) is 143 cm³/mol. The van der Waals surface area contributed by atoms with E-state index in [9.17, 15) is 22.4 Å². The quantitative estimate of drug-likeness (QED) is 0.366. The van der Waals surface area contributed by atoms with Gasteiger partial charge in [-0.1, -0.05) is 54.6 Å². The van der Waals surface area contributed by atoms with E-state index in [0.717, 1.165) is 24.0 Å². The summed E-state index contributed by atoms with van der Waals surface area (Å²) in [5.41, 5.74) is 2.47. The summed E-state index contributed by atoms with van der Waals surface area (Å²) in [7, 11) is -3.54. The summed E-state index contributed by atoms with van der Waals surface area (Å²) in [5, 5.41) is 2.89. The summed E-state index contributed by atoms with van der Waals surface area (Å²) in [6.07, 6.45) is 2.23. The zero-order valence-corrected chi connectivity index (χ0v) is 22.1. The van der Waals surface area contributed by atoms with E-state index in [1.807, 2.05) is 30.3 Å². The van der Waals surface area contributed by atoms with Crippen molar-refractivity contribution in [3.63, 3.8) is 0 Å². The van der Waals surface area contributed by atoms with Crippen LogP contribution in [0.25, 0.3) is 0 Å². The molecule has 0 heterocycles. The molecule has 2 amide bonds. The molecule has 38 heavy (non-hydrogen) atoms. The second-order valence-electron chi connectivity index (χ2n) is 9.57. The molecule has 1 aliphatic carbocycles. The molecule has 0 spiro atoms. The largest absolute Gasteiger partial charge is 0.350 e. The molecular formula is C29H32FN3O4S. The van der Waals surface area contributed by atoms with Crippen LogP contribution in [0.3, 0.4) is 0 Å². The Labute approximate surface area is 223 Å². The van der Waals surface area contributed by atoms with Gasteiger partial charge < -0.3 is 10.2 Å². The van der Waals surface area contributed by atoms with Crippen LogP contribution in [0, 0.1) is 5.82 Å². The van der Waals surface area contributed by atoms with Crippen molar-refractivity contribution in [3.8, 4) is 0 Å². The third-order valence-corrected chi connectivity index (χ3v) is 8.04. The highest BCUT2D eigenvalue weighted by atomic mass is 32.2. The molecule has 1 atom stereocenters. The SMILES string of the molecule is C[C@H](C(=O)NCc1ccccc1)N(Cc1ccc(F)cc1)C(=O)CCc1ccc(S(=O)(=O)NC2CC2)cc1. The van der Waals surface area contributed by atoms with Gasteiger partial charge >= 0.3 is 0 Å². The monoisotopic (exact) mass is 537 g/mol. The Balaban J connectivity index is 1.41. The summed E-state index contributed by atoms with van der Waals surface area (Å²) in [5.74, 6) is -0.899. The third-order valence-electron chi connectivity index (χ3n) is 6.50. The van der Waals surface area contributed by atoms with Crippen LogP contribution >= 0.6 is 0 Å². The van der Waals surface area contributed by atoms with Gasteiger partial charge in [0.25, 0.3) is 0 Å². The lowest BCUT2D eigenvalue weighted by Crippen LogP contribution is -2.47. The van der Waals surface area contributed by atoms with Crippen LogP contribution in [0.15, 0.2) is 83.8 Å². The van der Waals surface area contributed by atoms with Crippen molar-refractivity contribution in [2.24, 2.45) is 0 Å². The van der Waals surface area contributed by atoms with Crippen molar-refractivity contribution in [1.29, 1.82) is 0 Å².